The number of carbonyl (C=O) groups excluding carboxylic acids is 1. The molecule has 126 valence electrons. The van der Waals surface area contributed by atoms with Crippen LogP contribution in [0.2, 0.25) is 5.02 Å². The van der Waals surface area contributed by atoms with E-state index in [4.69, 9.17) is 11.6 Å². The minimum atomic E-state index is 0.0188. The Morgan fingerprint density at radius 3 is 3.13 bits per heavy atom. The maximum Gasteiger partial charge on any atom is 0.237 e. The lowest BCUT2D eigenvalue weighted by Gasteiger charge is -2.33. The van der Waals surface area contributed by atoms with Crippen LogP contribution in [0.3, 0.4) is 0 Å². The van der Waals surface area contributed by atoms with Gasteiger partial charge >= 0.3 is 0 Å². The van der Waals surface area contributed by atoms with Crippen molar-refractivity contribution in [3.8, 4) is 0 Å². The maximum absolute atomic E-state index is 12.1. The lowest BCUT2D eigenvalue weighted by atomic mass is 9.97. The molecule has 0 saturated carbocycles. The molecule has 2 N–H and O–H groups in total. The fourth-order valence-electron chi connectivity index (χ4n) is 3.51. The number of hydrogen-bond acceptors (Lipinski definition) is 4. The van der Waals surface area contributed by atoms with Crippen LogP contribution in [0.5, 0.6) is 0 Å². The number of pyridine rings is 1. The zero-order valence-electron chi connectivity index (χ0n) is 13.4. The highest BCUT2D eigenvalue weighted by atomic mass is 35.5. The predicted molar refractivity (Wildman–Crippen MR) is 91.3 cm³/mol. The molecule has 0 aromatic carbocycles. The van der Waals surface area contributed by atoms with E-state index in [1.807, 2.05) is 6.07 Å². The molecule has 3 rings (SSSR count). The number of nitrogens with zero attached hydrogens (tertiary/aromatic N) is 2. The number of amides is 1. The predicted octanol–water partition coefficient (Wildman–Crippen LogP) is 1.82. The number of hydrogen-bond donors (Lipinski definition) is 2. The molecule has 2 aliphatic heterocycles. The minimum absolute atomic E-state index is 0.0188. The van der Waals surface area contributed by atoms with E-state index < -0.39 is 0 Å². The van der Waals surface area contributed by atoms with Crippen molar-refractivity contribution < 1.29 is 4.79 Å². The van der Waals surface area contributed by atoms with Gasteiger partial charge in [-0.05, 0) is 56.3 Å². The molecule has 1 aromatic heterocycles. The van der Waals surface area contributed by atoms with Crippen LogP contribution in [0, 0.1) is 5.92 Å². The van der Waals surface area contributed by atoms with E-state index in [1.54, 1.807) is 12.4 Å². The average molecular weight is 337 g/mol. The number of likely N-dealkylation sites (tertiary alicyclic amines) is 1. The lowest BCUT2D eigenvalue weighted by molar-refractivity contribution is -0.123. The number of piperidine rings is 1. The van der Waals surface area contributed by atoms with E-state index >= 15 is 0 Å². The first-order valence-corrected chi connectivity index (χ1v) is 8.92. The van der Waals surface area contributed by atoms with Crippen molar-refractivity contribution in [3.05, 3.63) is 29.0 Å². The molecular formula is C17H25ClN4O. The van der Waals surface area contributed by atoms with Gasteiger partial charge in [0.05, 0.1) is 11.1 Å². The van der Waals surface area contributed by atoms with Gasteiger partial charge in [-0.2, -0.15) is 0 Å². The standard InChI is InChI=1S/C17H25ClN4O/c18-15-10-19-7-5-14(15)12-22-8-2-3-13(11-22)9-21-17(23)16-4-1-6-20-16/h5,7,10,13,16,20H,1-4,6,8-9,11-12H2,(H,21,23). The number of aromatic nitrogens is 1. The van der Waals surface area contributed by atoms with Gasteiger partial charge in [-0.25, -0.2) is 0 Å². The molecule has 2 unspecified atom stereocenters. The molecule has 2 saturated heterocycles. The zero-order valence-corrected chi connectivity index (χ0v) is 14.2. The van der Waals surface area contributed by atoms with Gasteiger partial charge in [-0.3, -0.25) is 14.7 Å². The van der Waals surface area contributed by atoms with Gasteiger partial charge in [-0.1, -0.05) is 11.6 Å². The largest absolute Gasteiger partial charge is 0.354 e. The molecule has 0 radical (unpaired) electrons. The molecule has 3 heterocycles. The average Bonchev–Trinajstić information content (AvgIpc) is 3.10. The second kappa shape index (κ2) is 8.08. The Kier molecular flexibility index (Phi) is 5.86. The van der Waals surface area contributed by atoms with Crippen LogP contribution in [0.25, 0.3) is 0 Å². The number of rotatable bonds is 5. The second-order valence-electron chi connectivity index (χ2n) is 6.60. The third-order valence-electron chi connectivity index (χ3n) is 4.80. The Morgan fingerprint density at radius 1 is 1.43 bits per heavy atom. The van der Waals surface area contributed by atoms with E-state index in [9.17, 15) is 4.79 Å². The Hall–Kier alpha value is -1.17. The van der Waals surface area contributed by atoms with Crippen molar-refractivity contribution in [2.45, 2.75) is 38.3 Å². The van der Waals surface area contributed by atoms with Crippen molar-refractivity contribution in [1.82, 2.24) is 20.5 Å². The summed E-state index contributed by atoms with van der Waals surface area (Å²) in [6, 6.07) is 2.00. The van der Waals surface area contributed by atoms with E-state index in [2.05, 4.69) is 20.5 Å². The molecule has 6 heteroatoms. The Balaban J connectivity index is 1.46. The zero-order chi connectivity index (χ0) is 16.1. The molecule has 2 atom stereocenters. The van der Waals surface area contributed by atoms with E-state index in [1.165, 1.54) is 12.8 Å². The van der Waals surface area contributed by atoms with Gasteiger partial charge in [0.2, 0.25) is 5.91 Å². The quantitative estimate of drug-likeness (QED) is 0.861. The molecule has 23 heavy (non-hydrogen) atoms. The molecule has 0 aliphatic carbocycles. The number of nitrogens with one attached hydrogen (secondary N) is 2. The highest BCUT2D eigenvalue weighted by molar-refractivity contribution is 6.31. The molecule has 1 amide bonds. The smallest absolute Gasteiger partial charge is 0.237 e. The lowest BCUT2D eigenvalue weighted by Crippen LogP contribution is -2.45. The van der Waals surface area contributed by atoms with E-state index in [0.29, 0.717) is 5.92 Å². The third-order valence-corrected chi connectivity index (χ3v) is 5.14. The molecule has 5 nitrogen and oxygen atoms in total. The first-order valence-electron chi connectivity index (χ1n) is 8.54. The second-order valence-corrected chi connectivity index (χ2v) is 7.01. The van der Waals surface area contributed by atoms with E-state index in [0.717, 1.165) is 56.2 Å². The van der Waals surface area contributed by atoms with Gasteiger partial charge in [0.15, 0.2) is 0 Å². The van der Waals surface area contributed by atoms with Crippen LogP contribution in [0.1, 0.15) is 31.2 Å². The highest BCUT2D eigenvalue weighted by Crippen LogP contribution is 2.21. The van der Waals surface area contributed by atoms with Crippen molar-refractivity contribution in [3.63, 3.8) is 0 Å². The van der Waals surface area contributed by atoms with Crippen molar-refractivity contribution in [2.24, 2.45) is 5.92 Å². The number of carbonyl (C=O) groups is 1. The van der Waals surface area contributed by atoms with Gasteiger partial charge in [-0.15, -0.1) is 0 Å². The first-order chi connectivity index (χ1) is 11.2. The van der Waals surface area contributed by atoms with Crippen LogP contribution in [-0.2, 0) is 11.3 Å². The minimum Gasteiger partial charge on any atom is -0.354 e. The Labute approximate surface area is 142 Å². The highest BCUT2D eigenvalue weighted by Gasteiger charge is 2.24. The summed E-state index contributed by atoms with van der Waals surface area (Å²) in [4.78, 5) is 18.6. The molecule has 0 spiro atoms. The summed E-state index contributed by atoms with van der Waals surface area (Å²) in [5, 5.41) is 7.11. The van der Waals surface area contributed by atoms with Gasteiger partial charge < -0.3 is 10.6 Å². The SMILES string of the molecule is O=C(NCC1CCCN(Cc2ccncc2Cl)C1)C1CCCN1. The molecule has 1 aromatic rings. The van der Waals surface area contributed by atoms with Gasteiger partial charge in [0.25, 0.3) is 0 Å². The normalized spacial score (nSPS) is 25.4. The van der Waals surface area contributed by atoms with Crippen molar-refractivity contribution in [1.29, 1.82) is 0 Å². The van der Waals surface area contributed by atoms with E-state index in [-0.39, 0.29) is 11.9 Å². The van der Waals surface area contributed by atoms with Gasteiger partial charge in [0, 0.05) is 32.0 Å². The van der Waals surface area contributed by atoms with Crippen LogP contribution < -0.4 is 10.6 Å². The Bertz CT molecular complexity index is 533. The van der Waals surface area contributed by atoms with Crippen molar-refractivity contribution in [2.75, 3.05) is 26.2 Å². The summed E-state index contributed by atoms with van der Waals surface area (Å²) in [5.74, 6) is 0.687. The van der Waals surface area contributed by atoms with Crippen molar-refractivity contribution >= 4 is 17.5 Å². The summed E-state index contributed by atoms with van der Waals surface area (Å²) in [5.41, 5.74) is 1.13. The molecular weight excluding hydrogens is 312 g/mol. The van der Waals surface area contributed by atoms with Crippen LogP contribution in [-0.4, -0.2) is 48.0 Å². The first kappa shape index (κ1) is 16.7. The molecule has 2 fully saturated rings. The summed E-state index contributed by atoms with van der Waals surface area (Å²) in [6.45, 7) is 4.69. The Morgan fingerprint density at radius 2 is 2.35 bits per heavy atom. The summed E-state index contributed by atoms with van der Waals surface area (Å²) < 4.78 is 0. The van der Waals surface area contributed by atoms with Crippen LogP contribution in [0.4, 0.5) is 0 Å². The fourth-order valence-corrected chi connectivity index (χ4v) is 3.69. The third kappa shape index (κ3) is 4.66. The maximum atomic E-state index is 12.1. The molecule has 2 aliphatic rings. The molecule has 0 bridgehead atoms. The number of halogens is 1. The van der Waals surface area contributed by atoms with Crippen LogP contribution >= 0.6 is 11.6 Å². The fraction of sp³-hybridized carbons (Fsp3) is 0.647. The topological polar surface area (TPSA) is 57.3 Å². The van der Waals surface area contributed by atoms with Gasteiger partial charge in [0.1, 0.15) is 0 Å². The summed E-state index contributed by atoms with van der Waals surface area (Å²) >= 11 is 6.20. The summed E-state index contributed by atoms with van der Waals surface area (Å²) in [6.07, 6.45) is 7.90. The monoisotopic (exact) mass is 336 g/mol. The van der Waals surface area contributed by atoms with Crippen LogP contribution in [0.15, 0.2) is 18.5 Å². The summed E-state index contributed by atoms with van der Waals surface area (Å²) in [7, 11) is 0.